The van der Waals surface area contributed by atoms with Gasteiger partial charge in [-0.05, 0) is 37.9 Å². The first-order valence-electron chi connectivity index (χ1n) is 7.30. The highest BCUT2D eigenvalue weighted by atomic mass is 32.1. The Morgan fingerprint density at radius 2 is 1.47 bits per heavy atom. The Bertz CT molecular complexity index is 243. The molecule has 2 nitrogen and oxygen atoms in total. The Morgan fingerprint density at radius 1 is 0.941 bits per heavy atom. The zero-order chi connectivity index (χ0) is 12.1. The van der Waals surface area contributed by atoms with Crippen molar-refractivity contribution in [2.24, 2.45) is 0 Å². The average Bonchev–Trinajstić information content (AvgIpc) is 2.40. The molecule has 0 spiro atoms. The molecule has 0 bridgehead atoms. The molecule has 2 rings (SSSR count). The third-order valence-electron chi connectivity index (χ3n) is 4.38. The lowest BCUT2D eigenvalue weighted by molar-refractivity contribution is 0.270. The van der Waals surface area contributed by atoms with Gasteiger partial charge in [0.05, 0.1) is 0 Å². The highest BCUT2D eigenvalue weighted by Gasteiger charge is 2.22. The summed E-state index contributed by atoms with van der Waals surface area (Å²) in [7, 11) is 2.17. The quantitative estimate of drug-likeness (QED) is 0.760. The van der Waals surface area contributed by atoms with E-state index >= 15 is 0 Å². The minimum absolute atomic E-state index is 0.641. The van der Waals surface area contributed by atoms with Crippen molar-refractivity contribution in [1.29, 1.82) is 0 Å². The zero-order valence-electron chi connectivity index (χ0n) is 11.1. The van der Waals surface area contributed by atoms with Gasteiger partial charge < -0.3 is 10.2 Å². The van der Waals surface area contributed by atoms with Gasteiger partial charge in [-0.3, -0.25) is 0 Å². The normalized spacial score (nSPS) is 23.4. The van der Waals surface area contributed by atoms with Crippen LogP contribution in [-0.4, -0.2) is 29.1 Å². The van der Waals surface area contributed by atoms with Crippen LogP contribution in [0.25, 0.3) is 0 Å². The van der Waals surface area contributed by atoms with Crippen LogP contribution in [0.3, 0.4) is 0 Å². The van der Waals surface area contributed by atoms with Gasteiger partial charge in [0, 0.05) is 19.1 Å². The molecule has 0 saturated heterocycles. The first-order valence-corrected chi connectivity index (χ1v) is 7.71. The van der Waals surface area contributed by atoms with Crippen LogP contribution in [0.1, 0.15) is 64.2 Å². The Labute approximate surface area is 111 Å². The van der Waals surface area contributed by atoms with E-state index in [0.717, 1.165) is 5.11 Å². The number of nitrogens with zero attached hydrogens (tertiary/aromatic N) is 1. The van der Waals surface area contributed by atoms with E-state index in [-0.39, 0.29) is 0 Å². The summed E-state index contributed by atoms with van der Waals surface area (Å²) in [5, 5.41) is 4.56. The van der Waals surface area contributed by atoms with Crippen LogP contribution in [0, 0.1) is 0 Å². The second kappa shape index (κ2) is 6.58. The molecule has 0 heterocycles. The van der Waals surface area contributed by atoms with E-state index in [0.29, 0.717) is 12.1 Å². The van der Waals surface area contributed by atoms with Crippen LogP contribution in [-0.2, 0) is 0 Å². The van der Waals surface area contributed by atoms with Crippen LogP contribution in [0.4, 0.5) is 0 Å². The van der Waals surface area contributed by atoms with Gasteiger partial charge in [0.25, 0.3) is 0 Å². The summed E-state index contributed by atoms with van der Waals surface area (Å²) in [5.74, 6) is 0. The van der Waals surface area contributed by atoms with Crippen molar-refractivity contribution in [2.45, 2.75) is 76.3 Å². The van der Waals surface area contributed by atoms with E-state index in [1.54, 1.807) is 0 Å². The summed E-state index contributed by atoms with van der Waals surface area (Å²) in [5.41, 5.74) is 0. The topological polar surface area (TPSA) is 15.3 Å². The Morgan fingerprint density at radius 3 is 2.06 bits per heavy atom. The molecule has 2 fully saturated rings. The van der Waals surface area contributed by atoms with Gasteiger partial charge in [0.1, 0.15) is 0 Å². The summed E-state index contributed by atoms with van der Waals surface area (Å²) in [4.78, 5) is 2.32. The molecule has 17 heavy (non-hydrogen) atoms. The van der Waals surface area contributed by atoms with Gasteiger partial charge in [-0.2, -0.15) is 0 Å². The van der Waals surface area contributed by atoms with Gasteiger partial charge in [-0.1, -0.05) is 38.5 Å². The average molecular weight is 254 g/mol. The molecule has 0 unspecified atom stereocenters. The number of thiocarbonyl (C=S) groups is 1. The Hall–Kier alpha value is -0.310. The fraction of sp³-hybridized carbons (Fsp3) is 0.929. The predicted molar refractivity (Wildman–Crippen MR) is 77.2 cm³/mol. The van der Waals surface area contributed by atoms with Crippen molar-refractivity contribution >= 4 is 17.3 Å². The number of nitrogens with one attached hydrogen (secondary N) is 1. The molecule has 0 aromatic rings. The van der Waals surface area contributed by atoms with Crippen LogP contribution < -0.4 is 5.32 Å². The molecule has 98 valence electrons. The smallest absolute Gasteiger partial charge is 0.169 e. The molecule has 0 aromatic heterocycles. The van der Waals surface area contributed by atoms with Gasteiger partial charge >= 0.3 is 0 Å². The minimum atomic E-state index is 0.641. The standard InChI is InChI=1S/C14H26N2S/c1-16(13-10-6-3-7-11-13)14(17)15-12-8-4-2-5-9-12/h12-13H,2-11H2,1H3,(H,15,17). The summed E-state index contributed by atoms with van der Waals surface area (Å²) in [6.45, 7) is 0. The van der Waals surface area contributed by atoms with Gasteiger partial charge in [-0.15, -0.1) is 0 Å². The fourth-order valence-corrected chi connectivity index (χ4v) is 3.47. The molecule has 0 aromatic carbocycles. The van der Waals surface area contributed by atoms with E-state index in [9.17, 15) is 0 Å². The number of rotatable bonds is 2. The highest BCUT2D eigenvalue weighted by Crippen LogP contribution is 2.22. The lowest BCUT2D eigenvalue weighted by Crippen LogP contribution is -2.48. The molecular formula is C14H26N2S. The maximum atomic E-state index is 5.55. The molecule has 3 heteroatoms. The summed E-state index contributed by atoms with van der Waals surface area (Å²) >= 11 is 5.55. The van der Waals surface area contributed by atoms with Crippen molar-refractivity contribution in [3.63, 3.8) is 0 Å². The molecule has 1 N–H and O–H groups in total. The third kappa shape index (κ3) is 3.84. The van der Waals surface area contributed by atoms with Crippen molar-refractivity contribution < 1.29 is 0 Å². The molecule has 2 saturated carbocycles. The lowest BCUT2D eigenvalue weighted by atomic mass is 9.94. The number of hydrogen-bond donors (Lipinski definition) is 1. The van der Waals surface area contributed by atoms with Crippen LogP contribution in [0.2, 0.25) is 0 Å². The molecule has 2 aliphatic carbocycles. The SMILES string of the molecule is CN(C(=S)NC1CCCCC1)C1CCCCC1. The van der Waals surface area contributed by atoms with E-state index in [2.05, 4.69) is 17.3 Å². The van der Waals surface area contributed by atoms with Crippen LogP contribution in [0.5, 0.6) is 0 Å². The van der Waals surface area contributed by atoms with Crippen molar-refractivity contribution in [3.8, 4) is 0 Å². The maximum absolute atomic E-state index is 5.55. The summed E-state index contributed by atoms with van der Waals surface area (Å²) in [6.07, 6.45) is 13.6. The monoisotopic (exact) mass is 254 g/mol. The largest absolute Gasteiger partial charge is 0.360 e. The second-order valence-electron chi connectivity index (χ2n) is 5.69. The van der Waals surface area contributed by atoms with Gasteiger partial charge in [-0.25, -0.2) is 0 Å². The fourth-order valence-electron chi connectivity index (χ4n) is 3.16. The summed E-state index contributed by atoms with van der Waals surface area (Å²) in [6, 6.07) is 1.33. The van der Waals surface area contributed by atoms with Gasteiger partial charge in [0.15, 0.2) is 5.11 Å². The van der Waals surface area contributed by atoms with Crippen molar-refractivity contribution in [2.75, 3.05) is 7.05 Å². The van der Waals surface area contributed by atoms with E-state index in [1.165, 1.54) is 64.2 Å². The lowest BCUT2D eigenvalue weighted by Gasteiger charge is -2.35. The molecule has 0 atom stereocenters. The first kappa shape index (κ1) is 13.1. The Balaban J connectivity index is 1.77. The van der Waals surface area contributed by atoms with Gasteiger partial charge in [0.2, 0.25) is 0 Å². The predicted octanol–water partition coefficient (Wildman–Crippen LogP) is 3.46. The van der Waals surface area contributed by atoms with E-state index in [1.807, 2.05) is 0 Å². The van der Waals surface area contributed by atoms with Crippen molar-refractivity contribution in [3.05, 3.63) is 0 Å². The Kier molecular flexibility index (Phi) is 5.08. The van der Waals surface area contributed by atoms with E-state index in [4.69, 9.17) is 12.2 Å². The zero-order valence-corrected chi connectivity index (χ0v) is 11.9. The molecule has 0 radical (unpaired) electrons. The first-order chi connectivity index (χ1) is 8.27. The van der Waals surface area contributed by atoms with E-state index < -0.39 is 0 Å². The number of hydrogen-bond acceptors (Lipinski definition) is 1. The molecule has 0 aliphatic heterocycles. The van der Waals surface area contributed by atoms with Crippen molar-refractivity contribution in [1.82, 2.24) is 10.2 Å². The summed E-state index contributed by atoms with van der Waals surface area (Å²) < 4.78 is 0. The molecule has 0 amide bonds. The highest BCUT2D eigenvalue weighted by molar-refractivity contribution is 7.80. The van der Waals surface area contributed by atoms with Crippen LogP contribution in [0.15, 0.2) is 0 Å². The molecular weight excluding hydrogens is 228 g/mol. The molecule has 2 aliphatic rings. The second-order valence-corrected chi connectivity index (χ2v) is 6.07. The maximum Gasteiger partial charge on any atom is 0.169 e. The third-order valence-corrected chi connectivity index (χ3v) is 4.78. The minimum Gasteiger partial charge on any atom is -0.360 e. The van der Waals surface area contributed by atoms with Crippen LogP contribution >= 0.6 is 12.2 Å².